The van der Waals surface area contributed by atoms with Gasteiger partial charge in [-0.15, -0.1) is 0 Å². The van der Waals surface area contributed by atoms with Crippen LogP contribution >= 0.6 is 11.8 Å². The van der Waals surface area contributed by atoms with Gasteiger partial charge in [-0.2, -0.15) is 11.8 Å². The van der Waals surface area contributed by atoms with Crippen LogP contribution in [0.1, 0.15) is 13.3 Å². The molecule has 0 aliphatic rings. The Balaban J connectivity index is 2.79. The molecule has 18 heavy (non-hydrogen) atoms. The van der Waals surface area contributed by atoms with Crippen molar-refractivity contribution in [3.8, 4) is 0 Å². The van der Waals surface area contributed by atoms with E-state index in [4.69, 9.17) is 0 Å². The molecule has 0 aliphatic carbocycles. The minimum absolute atomic E-state index is 0.0753. The molecular formula is C11H19N3O2S2. The molecule has 0 amide bonds. The Morgan fingerprint density at radius 2 is 2.22 bits per heavy atom. The van der Waals surface area contributed by atoms with E-state index in [1.54, 1.807) is 18.8 Å². The van der Waals surface area contributed by atoms with Crippen LogP contribution in [0.4, 0.5) is 5.82 Å². The van der Waals surface area contributed by atoms with E-state index in [1.165, 1.54) is 18.3 Å². The van der Waals surface area contributed by atoms with Gasteiger partial charge >= 0.3 is 0 Å². The van der Waals surface area contributed by atoms with Crippen molar-refractivity contribution in [1.29, 1.82) is 0 Å². The Kier molecular flexibility index (Phi) is 5.90. The highest BCUT2D eigenvalue weighted by Crippen LogP contribution is 2.13. The van der Waals surface area contributed by atoms with Crippen molar-refractivity contribution in [1.82, 2.24) is 9.71 Å². The number of anilines is 1. The fourth-order valence-electron chi connectivity index (χ4n) is 1.40. The number of sulfonamides is 1. The molecule has 2 N–H and O–H groups in total. The third-order valence-corrected chi connectivity index (χ3v) is 4.64. The van der Waals surface area contributed by atoms with Crippen LogP contribution in [-0.2, 0) is 10.0 Å². The zero-order valence-electron chi connectivity index (χ0n) is 10.8. The Morgan fingerprint density at radius 1 is 1.50 bits per heavy atom. The summed E-state index contributed by atoms with van der Waals surface area (Å²) in [4.78, 5) is 4.23. The zero-order valence-corrected chi connectivity index (χ0v) is 12.4. The average Bonchev–Trinajstić information content (AvgIpc) is 2.36. The molecule has 1 unspecified atom stereocenters. The standard InChI is InChI=1S/C11H19N3O2S2/c1-9(5-7-17-3)14-18(15,16)10-4-6-13-11(8-10)12-2/h4,6,8-9,14H,5,7H2,1-3H3,(H,12,13). The number of rotatable bonds is 7. The van der Waals surface area contributed by atoms with Crippen LogP contribution in [-0.4, -0.2) is 38.5 Å². The van der Waals surface area contributed by atoms with Crippen molar-refractivity contribution < 1.29 is 8.42 Å². The lowest BCUT2D eigenvalue weighted by molar-refractivity contribution is 0.557. The summed E-state index contributed by atoms with van der Waals surface area (Å²) in [7, 11) is -1.76. The molecule has 0 saturated carbocycles. The number of nitrogens with one attached hydrogen (secondary N) is 2. The van der Waals surface area contributed by atoms with Crippen molar-refractivity contribution in [2.75, 3.05) is 24.4 Å². The van der Waals surface area contributed by atoms with Crippen molar-refractivity contribution in [2.24, 2.45) is 0 Å². The molecule has 0 saturated heterocycles. The normalized spacial score (nSPS) is 13.3. The number of hydrogen-bond donors (Lipinski definition) is 2. The van der Waals surface area contributed by atoms with Gasteiger partial charge in [0.1, 0.15) is 5.82 Å². The van der Waals surface area contributed by atoms with Crippen LogP contribution in [0.5, 0.6) is 0 Å². The minimum Gasteiger partial charge on any atom is -0.373 e. The lowest BCUT2D eigenvalue weighted by Gasteiger charge is -2.14. The van der Waals surface area contributed by atoms with E-state index in [2.05, 4.69) is 15.0 Å². The van der Waals surface area contributed by atoms with E-state index in [0.29, 0.717) is 5.82 Å². The van der Waals surface area contributed by atoms with Gasteiger partial charge in [-0.25, -0.2) is 18.1 Å². The van der Waals surface area contributed by atoms with Crippen molar-refractivity contribution in [3.05, 3.63) is 18.3 Å². The second-order valence-corrected chi connectivity index (χ2v) is 6.63. The van der Waals surface area contributed by atoms with Crippen LogP contribution in [0.15, 0.2) is 23.2 Å². The first-order valence-corrected chi connectivity index (χ1v) is 8.52. The third-order valence-electron chi connectivity index (χ3n) is 2.41. The molecule has 1 aromatic rings. The topological polar surface area (TPSA) is 71.1 Å². The lowest BCUT2D eigenvalue weighted by atomic mass is 10.3. The van der Waals surface area contributed by atoms with E-state index in [9.17, 15) is 8.42 Å². The molecule has 102 valence electrons. The van der Waals surface area contributed by atoms with Crippen molar-refractivity contribution >= 4 is 27.6 Å². The van der Waals surface area contributed by atoms with Crippen molar-refractivity contribution in [2.45, 2.75) is 24.3 Å². The molecule has 0 spiro atoms. The molecule has 1 atom stereocenters. The predicted molar refractivity (Wildman–Crippen MR) is 76.6 cm³/mol. The average molecular weight is 289 g/mol. The first kappa shape index (κ1) is 15.3. The summed E-state index contributed by atoms with van der Waals surface area (Å²) in [5, 5.41) is 2.82. The van der Waals surface area contributed by atoms with Gasteiger partial charge in [-0.05, 0) is 31.4 Å². The molecule has 7 heteroatoms. The van der Waals surface area contributed by atoms with Gasteiger partial charge in [0.15, 0.2) is 0 Å². The summed E-state index contributed by atoms with van der Waals surface area (Å²) in [6, 6.07) is 2.93. The second kappa shape index (κ2) is 6.96. The fraction of sp³-hybridized carbons (Fsp3) is 0.545. The highest BCUT2D eigenvalue weighted by Gasteiger charge is 2.17. The van der Waals surface area contributed by atoms with Crippen molar-refractivity contribution in [3.63, 3.8) is 0 Å². The molecule has 0 aliphatic heterocycles. The molecule has 0 aromatic carbocycles. The van der Waals surface area contributed by atoms with Crippen LogP contribution in [0.25, 0.3) is 0 Å². The van der Waals surface area contributed by atoms with Crippen LogP contribution in [0, 0.1) is 0 Å². The molecule has 0 bridgehead atoms. The zero-order chi connectivity index (χ0) is 13.6. The SMILES string of the molecule is CNc1cc(S(=O)(=O)NC(C)CCSC)ccn1. The monoisotopic (exact) mass is 289 g/mol. The summed E-state index contributed by atoms with van der Waals surface area (Å²) in [5.41, 5.74) is 0. The van der Waals surface area contributed by atoms with Gasteiger partial charge in [0.25, 0.3) is 0 Å². The van der Waals surface area contributed by atoms with Crippen LogP contribution < -0.4 is 10.0 Å². The summed E-state index contributed by atoms with van der Waals surface area (Å²) < 4.78 is 26.9. The molecular weight excluding hydrogens is 270 g/mol. The summed E-state index contributed by atoms with van der Waals surface area (Å²) >= 11 is 1.70. The lowest BCUT2D eigenvalue weighted by Crippen LogP contribution is -2.33. The molecule has 1 rings (SSSR count). The highest BCUT2D eigenvalue weighted by atomic mass is 32.2. The van der Waals surface area contributed by atoms with E-state index in [-0.39, 0.29) is 10.9 Å². The molecule has 0 radical (unpaired) electrons. The Bertz CT molecular complexity index is 477. The van der Waals surface area contributed by atoms with Gasteiger partial charge in [-0.3, -0.25) is 0 Å². The number of nitrogens with zero attached hydrogens (tertiary/aromatic N) is 1. The molecule has 0 fully saturated rings. The number of aromatic nitrogens is 1. The van der Waals surface area contributed by atoms with E-state index in [0.717, 1.165) is 12.2 Å². The Hall–Kier alpha value is -0.790. The first-order chi connectivity index (χ1) is 8.49. The maximum absolute atomic E-state index is 12.1. The first-order valence-electron chi connectivity index (χ1n) is 5.64. The van der Waals surface area contributed by atoms with Gasteiger partial charge in [0.05, 0.1) is 4.90 Å². The maximum atomic E-state index is 12.1. The second-order valence-electron chi connectivity index (χ2n) is 3.93. The van der Waals surface area contributed by atoms with Gasteiger partial charge < -0.3 is 5.32 Å². The third kappa shape index (κ3) is 4.47. The number of pyridine rings is 1. The molecule has 1 aromatic heterocycles. The van der Waals surface area contributed by atoms with E-state index >= 15 is 0 Å². The smallest absolute Gasteiger partial charge is 0.240 e. The van der Waals surface area contributed by atoms with Gasteiger partial charge in [-0.1, -0.05) is 0 Å². The number of hydrogen-bond acceptors (Lipinski definition) is 5. The highest BCUT2D eigenvalue weighted by molar-refractivity contribution is 7.98. The van der Waals surface area contributed by atoms with Crippen LogP contribution in [0.3, 0.4) is 0 Å². The maximum Gasteiger partial charge on any atom is 0.240 e. The van der Waals surface area contributed by atoms with Gasteiger partial charge in [0.2, 0.25) is 10.0 Å². The Labute approximate surface area is 113 Å². The summed E-state index contributed by atoms with van der Waals surface area (Å²) in [5.74, 6) is 1.47. The largest absolute Gasteiger partial charge is 0.373 e. The molecule has 5 nitrogen and oxygen atoms in total. The van der Waals surface area contributed by atoms with Crippen LogP contribution in [0.2, 0.25) is 0 Å². The molecule has 1 heterocycles. The number of thioether (sulfide) groups is 1. The van der Waals surface area contributed by atoms with E-state index in [1.807, 2.05) is 13.2 Å². The Morgan fingerprint density at radius 3 is 2.83 bits per heavy atom. The quantitative estimate of drug-likeness (QED) is 0.797. The summed E-state index contributed by atoms with van der Waals surface area (Å²) in [6.07, 6.45) is 4.29. The summed E-state index contributed by atoms with van der Waals surface area (Å²) in [6.45, 7) is 1.87. The van der Waals surface area contributed by atoms with Gasteiger partial charge in [0, 0.05) is 25.4 Å². The van der Waals surface area contributed by atoms with E-state index < -0.39 is 10.0 Å². The fourth-order valence-corrected chi connectivity index (χ4v) is 3.28. The minimum atomic E-state index is -3.46. The predicted octanol–water partition coefficient (Wildman–Crippen LogP) is 1.54.